The molecule has 0 saturated heterocycles. The lowest BCUT2D eigenvalue weighted by Gasteiger charge is -2.28. The second-order valence-electron chi connectivity index (χ2n) is 5.64. The minimum atomic E-state index is -3.80. The number of halogens is 3. The monoisotopic (exact) mass is 450 g/mol. The van der Waals surface area contributed by atoms with E-state index in [0.29, 0.717) is 5.75 Å². The van der Waals surface area contributed by atoms with Gasteiger partial charge in [-0.3, -0.25) is 9.10 Å². The lowest BCUT2D eigenvalue weighted by molar-refractivity contribution is -0.116. The zero-order chi connectivity index (χ0) is 20.4. The summed E-state index contributed by atoms with van der Waals surface area (Å²) in [5, 5.41) is 3.26. The van der Waals surface area contributed by atoms with E-state index in [1.54, 1.807) is 18.2 Å². The Morgan fingerprint density at radius 2 is 1.70 bits per heavy atom. The molecule has 0 spiro atoms. The largest absolute Gasteiger partial charge is 0.495 e. The van der Waals surface area contributed by atoms with Crippen LogP contribution in [0.2, 0.25) is 15.1 Å². The van der Waals surface area contributed by atoms with Crippen LogP contribution in [0.3, 0.4) is 0 Å². The van der Waals surface area contributed by atoms with Gasteiger partial charge in [-0.05, 0) is 37.3 Å². The molecule has 2 aromatic carbocycles. The first-order chi connectivity index (χ1) is 12.6. The molecule has 2 rings (SSSR count). The topological polar surface area (TPSA) is 75.7 Å². The average molecular weight is 452 g/mol. The van der Waals surface area contributed by atoms with Crippen molar-refractivity contribution in [3.63, 3.8) is 0 Å². The van der Waals surface area contributed by atoms with Gasteiger partial charge in [-0.15, -0.1) is 0 Å². The molecule has 1 N–H and O–H groups in total. The Morgan fingerprint density at radius 1 is 1.11 bits per heavy atom. The molecule has 0 aliphatic heterocycles. The van der Waals surface area contributed by atoms with Crippen LogP contribution in [0.25, 0.3) is 0 Å². The summed E-state index contributed by atoms with van der Waals surface area (Å²) >= 11 is 18.2. The number of amides is 1. The van der Waals surface area contributed by atoms with Gasteiger partial charge in [0.05, 0.1) is 39.8 Å². The fourth-order valence-corrected chi connectivity index (χ4v) is 4.36. The zero-order valence-electron chi connectivity index (χ0n) is 14.7. The lowest BCUT2D eigenvalue weighted by atomic mass is 10.2. The van der Waals surface area contributed by atoms with E-state index in [1.165, 1.54) is 32.2 Å². The molecule has 0 bridgehead atoms. The fourth-order valence-electron chi connectivity index (χ4n) is 2.45. The summed E-state index contributed by atoms with van der Waals surface area (Å²) in [6.45, 7) is 1.44. The molecule has 146 valence electrons. The highest BCUT2D eigenvalue weighted by Gasteiger charge is 2.30. The molecule has 0 aliphatic rings. The van der Waals surface area contributed by atoms with Crippen LogP contribution in [0, 0.1) is 0 Å². The van der Waals surface area contributed by atoms with Crippen LogP contribution in [0.1, 0.15) is 6.92 Å². The molecule has 10 heteroatoms. The first-order valence-corrected chi connectivity index (χ1v) is 10.6. The number of rotatable bonds is 6. The molecule has 27 heavy (non-hydrogen) atoms. The Morgan fingerprint density at radius 3 is 2.19 bits per heavy atom. The number of carbonyl (C=O) groups is 1. The average Bonchev–Trinajstić information content (AvgIpc) is 2.57. The molecule has 0 fully saturated rings. The van der Waals surface area contributed by atoms with Crippen LogP contribution in [0.5, 0.6) is 5.75 Å². The van der Waals surface area contributed by atoms with E-state index >= 15 is 0 Å². The van der Waals surface area contributed by atoms with E-state index in [1.807, 2.05) is 0 Å². The summed E-state index contributed by atoms with van der Waals surface area (Å²) in [4.78, 5) is 12.7. The Kier molecular flexibility index (Phi) is 6.86. The second-order valence-corrected chi connectivity index (χ2v) is 8.72. The Hall–Kier alpha value is -1.67. The van der Waals surface area contributed by atoms with E-state index in [9.17, 15) is 13.2 Å². The molecule has 0 aromatic heterocycles. The van der Waals surface area contributed by atoms with Gasteiger partial charge in [-0.1, -0.05) is 40.9 Å². The van der Waals surface area contributed by atoms with Crippen molar-refractivity contribution in [3.05, 3.63) is 51.5 Å². The molecule has 0 radical (unpaired) electrons. The van der Waals surface area contributed by atoms with Crippen molar-refractivity contribution >= 4 is 62.1 Å². The first kappa shape index (κ1) is 21.6. The third kappa shape index (κ3) is 4.99. The molecule has 0 saturated carbocycles. The van der Waals surface area contributed by atoms with Gasteiger partial charge in [0.1, 0.15) is 11.8 Å². The number of carbonyl (C=O) groups excluding carboxylic acids is 1. The van der Waals surface area contributed by atoms with Gasteiger partial charge in [0.25, 0.3) is 0 Å². The number of para-hydroxylation sites is 1. The van der Waals surface area contributed by atoms with E-state index < -0.39 is 22.0 Å². The summed E-state index contributed by atoms with van der Waals surface area (Å²) in [6.07, 6.45) is 0.997. The van der Waals surface area contributed by atoms with E-state index in [0.717, 1.165) is 10.6 Å². The number of nitrogens with zero attached hydrogens (tertiary/aromatic N) is 1. The lowest BCUT2D eigenvalue weighted by Crippen LogP contribution is -2.45. The number of hydrogen-bond acceptors (Lipinski definition) is 4. The maximum Gasteiger partial charge on any atom is 0.248 e. The SMILES string of the molecule is COc1ccc(N(C(C)C(=O)Nc2c(Cl)cccc2Cl)S(C)(=O)=O)cc1Cl. The number of anilines is 2. The number of hydrogen-bond donors (Lipinski definition) is 1. The second kappa shape index (κ2) is 8.56. The van der Waals surface area contributed by atoms with Gasteiger partial charge in [-0.25, -0.2) is 8.42 Å². The van der Waals surface area contributed by atoms with Crippen LogP contribution in [0.4, 0.5) is 11.4 Å². The zero-order valence-corrected chi connectivity index (χ0v) is 17.7. The smallest absolute Gasteiger partial charge is 0.248 e. The third-order valence-electron chi connectivity index (χ3n) is 3.69. The number of methoxy groups -OCH3 is 1. The number of benzene rings is 2. The minimum absolute atomic E-state index is 0.207. The summed E-state index contributed by atoms with van der Waals surface area (Å²) in [6, 6.07) is 8.08. The summed E-state index contributed by atoms with van der Waals surface area (Å²) < 4.78 is 30.7. The van der Waals surface area contributed by atoms with Crippen molar-refractivity contribution in [1.82, 2.24) is 0 Å². The molecular formula is C17H17Cl3N2O4S. The summed E-state index contributed by atoms with van der Waals surface area (Å²) in [7, 11) is -2.36. The molecule has 2 aromatic rings. The van der Waals surface area contributed by atoms with Crippen LogP contribution in [-0.2, 0) is 14.8 Å². The number of ether oxygens (including phenoxy) is 1. The summed E-state index contributed by atoms with van der Waals surface area (Å²) in [5.41, 5.74) is 0.426. The van der Waals surface area contributed by atoms with Crippen molar-refractivity contribution in [3.8, 4) is 5.75 Å². The Labute approximate surface area is 173 Å². The van der Waals surface area contributed by atoms with Gasteiger partial charge in [0.15, 0.2) is 0 Å². The Balaban J connectivity index is 2.39. The van der Waals surface area contributed by atoms with Gasteiger partial charge < -0.3 is 10.1 Å². The number of sulfonamides is 1. The quantitative estimate of drug-likeness (QED) is 0.704. The van der Waals surface area contributed by atoms with E-state index in [2.05, 4.69) is 5.32 Å². The van der Waals surface area contributed by atoms with Crippen molar-refractivity contribution < 1.29 is 17.9 Å². The van der Waals surface area contributed by atoms with Gasteiger partial charge in [0, 0.05) is 0 Å². The third-order valence-corrected chi connectivity index (χ3v) is 5.86. The van der Waals surface area contributed by atoms with Crippen molar-refractivity contribution in [1.29, 1.82) is 0 Å². The van der Waals surface area contributed by atoms with Crippen LogP contribution in [-0.4, -0.2) is 33.7 Å². The van der Waals surface area contributed by atoms with Crippen LogP contribution < -0.4 is 14.4 Å². The molecule has 1 unspecified atom stereocenters. The standard InChI is InChI=1S/C17H17Cl3N2O4S/c1-10(17(23)21-16-12(18)5-4-6-13(16)19)22(27(3,24)25)11-7-8-15(26-2)14(20)9-11/h4-10H,1-3H3,(H,21,23). The fraction of sp³-hybridized carbons (Fsp3) is 0.235. The highest BCUT2D eigenvalue weighted by atomic mass is 35.5. The highest BCUT2D eigenvalue weighted by molar-refractivity contribution is 7.92. The van der Waals surface area contributed by atoms with Gasteiger partial charge >= 0.3 is 0 Å². The molecule has 6 nitrogen and oxygen atoms in total. The molecule has 0 aliphatic carbocycles. The van der Waals surface area contributed by atoms with Crippen molar-refractivity contribution in [2.75, 3.05) is 23.0 Å². The molecular weight excluding hydrogens is 435 g/mol. The van der Waals surface area contributed by atoms with E-state index in [-0.39, 0.29) is 26.4 Å². The number of nitrogens with one attached hydrogen (secondary N) is 1. The minimum Gasteiger partial charge on any atom is -0.495 e. The molecule has 1 amide bonds. The van der Waals surface area contributed by atoms with Crippen molar-refractivity contribution in [2.45, 2.75) is 13.0 Å². The first-order valence-electron chi connectivity index (χ1n) is 7.64. The molecule has 1 atom stereocenters. The maximum absolute atomic E-state index is 12.7. The predicted octanol–water partition coefficient (Wildman–Crippen LogP) is 4.45. The van der Waals surface area contributed by atoms with Crippen LogP contribution in [0.15, 0.2) is 36.4 Å². The van der Waals surface area contributed by atoms with E-state index in [4.69, 9.17) is 39.5 Å². The maximum atomic E-state index is 12.7. The Bertz CT molecular complexity index is 946. The normalized spacial score (nSPS) is 12.4. The summed E-state index contributed by atoms with van der Waals surface area (Å²) in [5.74, 6) is -0.226. The van der Waals surface area contributed by atoms with Gasteiger partial charge in [0.2, 0.25) is 15.9 Å². The highest BCUT2D eigenvalue weighted by Crippen LogP contribution is 2.33. The predicted molar refractivity (Wildman–Crippen MR) is 110 cm³/mol. The van der Waals surface area contributed by atoms with Gasteiger partial charge in [-0.2, -0.15) is 0 Å². The van der Waals surface area contributed by atoms with Crippen LogP contribution >= 0.6 is 34.8 Å². The van der Waals surface area contributed by atoms with Crippen molar-refractivity contribution in [2.24, 2.45) is 0 Å². The molecule has 0 heterocycles.